The molecule has 1 aliphatic rings. The van der Waals surface area contributed by atoms with Crippen molar-refractivity contribution in [3.63, 3.8) is 0 Å². The van der Waals surface area contributed by atoms with Gasteiger partial charge in [0.1, 0.15) is 0 Å². The first-order valence-electron chi connectivity index (χ1n) is 19.2. The molecule has 0 bridgehead atoms. The Balaban J connectivity index is 2.91. The van der Waals surface area contributed by atoms with Crippen LogP contribution in [0.2, 0.25) is 26.6 Å². The zero-order valence-corrected chi connectivity index (χ0v) is 38.1. The second-order valence-electron chi connectivity index (χ2n) is 15.4. The van der Waals surface area contributed by atoms with Gasteiger partial charge in [-0.1, -0.05) is 0 Å². The Morgan fingerprint density at radius 2 is 1.11 bits per heavy atom. The zero-order chi connectivity index (χ0) is 33.6. The van der Waals surface area contributed by atoms with Gasteiger partial charge in [-0.05, 0) is 0 Å². The Morgan fingerprint density at radius 1 is 0.689 bits per heavy atom. The molecule has 1 aliphatic carbocycles. The number of hydrogen-bond acceptors (Lipinski definition) is 2. The molecule has 258 valence electrons. The Kier molecular flexibility index (Phi) is 18.5. The van der Waals surface area contributed by atoms with Crippen molar-refractivity contribution in [1.82, 2.24) is 0 Å². The van der Waals surface area contributed by atoms with Crippen LogP contribution in [-0.4, -0.2) is 51.0 Å². The van der Waals surface area contributed by atoms with Crippen LogP contribution in [0.4, 0.5) is 5.69 Å². The summed E-state index contributed by atoms with van der Waals surface area (Å²) in [6.45, 7) is 23.1. The van der Waals surface area contributed by atoms with Gasteiger partial charge in [0.25, 0.3) is 0 Å². The number of rotatable bonds is 22. The molecule has 0 N–H and O–H groups in total. The van der Waals surface area contributed by atoms with Crippen LogP contribution in [0, 0.1) is 6.92 Å². The summed E-state index contributed by atoms with van der Waals surface area (Å²) in [6.07, 6.45) is 22.6. The van der Waals surface area contributed by atoms with Gasteiger partial charge in [0.15, 0.2) is 0 Å². The van der Waals surface area contributed by atoms with Crippen LogP contribution in [0.25, 0.3) is 0 Å². The van der Waals surface area contributed by atoms with E-state index in [1.165, 1.54) is 109 Å². The third-order valence-electron chi connectivity index (χ3n) is 10.7. The van der Waals surface area contributed by atoms with E-state index < -0.39 is 51.2 Å². The molecule has 0 fully saturated rings. The second kappa shape index (κ2) is 20.0. The number of benzene rings is 1. The van der Waals surface area contributed by atoms with Crippen molar-refractivity contribution in [2.45, 2.75) is 183 Å². The van der Waals surface area contributed by atoms with E-state index in [0.717, 1.165) is 5.69 Å². The fourth-order valence-electron chi connectivity index (χ4n) is 7.77. The van der Waals surface area contributed by atoms with E-state index in [1.807, 2.05) is 0 Å². The van der Waals surface area contributed by atoms with Crippen molar-refractivity contribution in [2.75, 3.05) is 0 Å². The molecule has 0 spiro atoms. The molecule has 2 unspecified atom stereocenters. The van der Waals surface area contributed by atoms with E-state index in [1.54, 1.807) is 7.17 Å². The fourth-order valence-corrected chi connectivity index (χ4v) is 46.8. The quantitative estimate of drug-likeness (QED) is 0.107. The number of allylic oxidation sites excluding steroid dienone is 2. The van der Waals surface area contributed by atoms with Gasteiger partial charge in [-0.2, -0.15) is 0 Å². The van der Waals surface area contributed by atoms with Gasteiger partial charge in [0, 0.05) is 0 Å². The summed E-state index contributed by atoms with van der Waals surface area (Å²) in [5.41, 5.74) is 2.47. The Bertz CT molecular complexity index is 1160. The third kappa shape index (κ3) is 10.9. The molecule has 0 aromatic heterocycles. The van der Waals surface area contributed by atoms with Gasteiger partial charge >= 0.3 is 293 Å². The molecule has 2 atom stereocenters. The van der Waals surface area contributed by atoms with E-state index in [4.69, 9.17) is 4.36 Å². The topological polar surface area (TPSA) is 29.4 Å². The van der Waals surface area contributed by atoms with Crippen molar-refractivity contribution in [3.8, 4) is 0 Å². The van der Waals surface area contributed by atoms with Gasteiger partial charge in [-0.15, -0.1) is 0 Å². The van der Waals surface area contributed by atoms with Crippen LogP contribution in [-0.2, 0) is 9.73 Å². The molecule has 0 saturated carbocycles. The average Bonchev–Trinajstić information content (AvgIpc) is 3.52. The molecule has 2 nitrogen and oxygen atoms in total. The molecular weight excluding hydrogens is 780 g/mol. The molecule has 2 rings (SSSR count). The number of nitrogens with zero attached hydrogens (tertiary/aromatic N) is 1. The maximum absolute atomic E-state index is 16.1. The van der Waals surface area contributed by atoms with E-state index in [-0.39, 0.29) is 5.25 Å². The summed E-state index contributed by atoms with van der Waals surface area (Å²) >= 11 is -5.68. The predicted molar refractivity (Wildman–Crippen MR) is 212 cm³/mol. The van der Waals surface area contributed by atoms with E-state index in [2.05, 4.69) is 106 Å². The molecule has 0 saturated heterocycles. The van der Waals surface area contributed by atoms with E-state index in [0.29, 0.717) is 0 Å². The minimum atomic E-state index is -2.85. The van der Waals surface area contributed by atoms with Gasteiger partial charge in [0.05, 0.1) is 0 Å². The first-order chi connectivity index (χ1) is 21.4. The Hall–Kier alpha value is 0.247. The molecule has 0 aliphatic heterocycles. The summed E-state index contributed by atoms with van der Waals surface area (Å²) in [6, 6.07) is 7.10. The molecule has 0 heterocycles. The van der Waals surface area contributed by atoms with E-state index in [9.17, 15) is 0 Å². The summed E-state index contributed by atoms with van der Waals surface area (Å²) in [5.74, 6) is 0. The normalized spacial score (nSPS) is 17.0. The van der Waals surface area contributed by atoms with Crippen LogP contribution in [0.15, 0.2) is 44.4 Å². The summed E-state index contributed by atoms with van der Waals surface area (Å²) in [7, 11) is -2.65. The van der Waals surface area contributed by atoms with Crippen LogP contribution < -0.4 is 3.58 Å². The molecule has 0 amide bonds. The summed E-state index contributed by atoms with van der Waals surface area (Å²) in [4.78, 5) is 0. The second-order valence-corrected chi connectivity index (χ2v) is 44.8. The standard InChI is InChI=1S/C16H19NOS.6C4H9.2Sn/c1-13-9-11-14(12-10-13)17-19(18,16(2,3)4)15-7-5-6-8-15;6*1-3-4-2;;/h5-7,9-11,15H,1-4H3;6*1,3-4H2,2H3;;. The molecular formula is C40H73NOSSn2. The van der Waals surface area contributed by atoms with Crippen molar-refractivity contribution in [2.24, 2.45) is 4.36 Å². The number of aryl methyl sites for hydroxylation is 1. The molecule has 45 heavy (non-hydrogen) atoms. The van der Waals surface area contributed by atoms with Crippen molar-refractivity contribution in [3.05, 3.63) is 45.6 Å². The van der Waals surface area contributed by atoms with Crippen LogP contribution in [0.3, 0.4) is 0 Å². The number of unbranched alkanes of at least 4 members (excludes halogenated alkanes) is 6. The average molecular weight is 854 g/mol. The van der Waals surface area contributed by atoms with Crippen LogP contribution in [0.5, 0.6) is 0 Å². The Morgan fingerprint density at radius 3 is 1.51 bits per heavy atom. The minimum absolute atomic E-state index is 0.0282. The molecule has 0 radical (unpaired) electrons. The van der Waals surface area contributed by atoms with Crippen LogP contribution >= 0.6 is 0 Å². The SMILES string of the molecule is CCC[CH2][Sn]([CH2]CCC)([CH2]CCC)[C]1=CC=CC1S(=O)(=Nc1ccc(C)c[c]1[Sn]([CH2]CCC)([CH2]CCC)[CH2]CCC)C(C)(C)C. The molecule has 5 heteroatoms. The predicted octanol–water partition coefficient (Wildman–Crippen LogP) is 13.2. The van der Waals surface area contributed by atoms with Crippen LogP contribution in [0.1, 0.15) is 145 Å². The van der Waals surface area contributed by atoms with Gasteiger partial charge in [-0.25, -0.2) is 0 Å². The van der Waals surface area contributed by atoms with E-state index >= 15 is 4.21 Å². The van der Waals surface area contributed by atoms with Gasteiger partial charge in [0.2, 0.25) is 0 Å². The fraction of sp³-hybridized carbons (Fsp3) is 0.750. The summed E-state index contributed by atoms with van der Waals surface area (Å²) < 4.78 is 33.1. The van der Waals surface area contributed by atoms with Crippen molar-refractivity contribution >= 4 is 55.7 Å². The molecule has 1 aromatic rings. The third-order valence-corrected chi connectivity index (χ3v) is 46.3. The van der Waals surface area contributed by atoms with Gasteiger partial charge < -0.3 is 0 Å². The summed E-state index contributed by atoms with van der Waals surface area (Å²) in [5, 5.41) is -0.0282. The number of hydrogen-bond donors (Lipinski definition) is 0. The Labute approximate surface area is 290 Å². The monoisotopic (exact) mass is 855 g/mol. The first-order valence-corrected chi connectivity index (χ1v) is 35.7. The molecule has 1 aromatic carbocycles. The van der Waals surface area contributed by atoms with Crippen molar-refractivity contribution < 1.29 is 4.21 Å². The zero-order valence-electron chi connectivity index (χ0n) is 31.5. The van der Waals surface area contributed by atoms with Gasteiger partial charge in [-0.3, -0.25) is 0 Å². The van der Waals surface area contributed by atoms with Crippen molar-refractivity contribution in [1.29, 1.82) is 0 Å². The first kappa shape index (κ1) is 41.4. The maximum atomic E-state index is 16.1.